The second kappa shape index (κ2) is 7.58. The van der Waals surface area contributed by atoms with Crippen LogP contribution in [0.25, 0.3) is 0 Å². The van der Waals surface area contributed by atoms with Crippen molar-refractivity contribution < 1.29 is 9.82 Å². The maximum atomic E-state index is 10.8. The fraction of sp³-hybridized carbons (Fsp3) is 0.278. The molecule has 1 aliphatic rings. The minimum Gasteiger partial charge on any atom is -0.334 e. The molecule has 1 heterocycles. The molecule has 2 N–H and O–H groups in total. The van der Waals surface area contributed by atoms with Gasteiger partial charge < -0.3 is 15.1 Å². The predicted molar refractivity (Wildman–Crippen MR) is 102 cm³/mol. The van der Waals surface area contributed by atoms with Crippen LogP contribution in [-0.2, 0) is 0 Å². The smallest absolute Gasteiger partial charge is 0.269 e. The summed E-state index contributed by atoms with van der Waals surface area (Å²) in [5, 5.41) is 14.6. The molecule has 0 amide bonds. The molecule has 6 nitrogen and oxygen atoms in total. The lowest BCUT2D eigenvalue weighted by molar-refractivity contribution is -0.887. The van der Waals surface area contributed by atoms with E-state index in [-0.39, 0.29) is 11.7 Å². The first kappa shape index (κ1) is 17.3. The molecule has 1 fully saturated rings. The molecular weight excluding hydrogens is 336 g/mol. The lowest BCUT2D eigenvalue weighted by Crippen LogP contribution is -3.12. The number of anilines is 1. The van der Waals surface area contributed by atoms with Gasteiger partial charge in [0.1, 0.15) is 12.6 Å². The number of benzene rings is 2. The zero-order valence-corrected chi connectivity index (χ0v) is 14.8. The number of thiocarbonyl (C=S) groups is 1. The van der Waals surface area contributed by atoms with Crippen molar-refractivity contribution in [2.45, 2.75) is 6.04 Å². The molecule has 2 aromatic rings. The van der Waals surface area contributed by atoms with Gasteiger partial charge in [-0.15, -0.1) is 0 Å². The molecule has 1 unspecified atom stereocenters. The fourth-order valence-corrected chi connectivity index (χ4v) is 3.42. The molecule has 2 atom stereocenters. The first-order valence-electron chi connectivity index (χ1n) is 8.23. The van der Waals surface area contributed by atoms with Crippen molar-refractivity contribution in [2.24, 2.45) is 0 Å². The molecule has 2 aromatic carbocycles. The zero-order valence-electron chi connectivity index (χ0n) is 14.0. The summed E-state index contributed by atoms with van der Waals surface area (Å²) in [6.07, 6.45) is 0. The van der Waals surface area contributed by atoms with E-state index in [1.165, 1.54) is 22.6 Å². The van der Waals surface area contributed by atoms with Crippen molar-refractivity contribution in [3.8, 4) is 0 Å². The largest absolute Gasteiger partial charge is 0.334 e. The second-order valence-electron chi connectivity index (χ2n) is 6.27. The van der Waals surface area contributed by atoms with E-state index in [0.29, 0.717) is 5.11 Å². The quantitative estimate of drug-likeness (QED) is 0.499. The van der Waals surface area contributed by atoms with Crippen LogP contribution in [0.4, 0.5) is 11.4 Å². The molecule has 0 aliphatic carbocycles. The van der Waals surface area contributed by atoms with Crippen molar-refractivity contribution in [1.29, 1.82) is 0 Å². The maximum Gasteiger partial charge on any atom is 0.269 e. The summed E-state index contributed by atoms with van der Waals surface area (Å²) >= 11 is 5.63. The van der Waals surface area contributed by atoms with E-state index in [9.17, 15) is 10.1 Å². The predicted octanol–water partition coefficient (Wildman–Crippen LogP) is 1.86. The van der Waals surface area contributed by atoms with Gasteiger partial charge in [0.15, 0.2) is 5.11 Å². The summed E-state index contributed by atoms with van der Waals surface area (Å²) < 4.78 is 0. The summed E-state index contributed by atoms with van der Waals surface area (Å²) in [6, 6.07) is 16.9. The van der Waals surface area contributed by atoms with Gasteiger partial charge in [-0.25, -0.2) is 0 Å². The molecule has 25 heavy (non-hydrogen) atoms. The number of nitro benzene ring substituents is 1. The number of likely N-dealkylation sites (N-methyl/N-ethyl adjacent to an activating group) is 1. The Morgan fingerprint density at radius 2 is 1.92 bits per heavy atom. The van der Waals surface area contributed by atoms with Crippen LogP contribution in [0, 0.1) is 10.1 Å². The van der Waals surface area contributed by atoms with Crippen LogP contribution < -0.4 is 10.2 Å². The van der Waals surface area contributed by atoms with Crippen LogP contribution >= 0.6 is 12.2 Å². The van der Waals surface area contributed by atoms with E-state index in [1.54, 1.807) is 12.1 Å². The minimum absolute atomic E-state index is 0.0711. The number of nitro groups is 1. The minimum atomic E-state index is -0.406. The number of hydrogen-bond acceptors (Lipinski definition) is 3. The average molecular weight is 357 g/mol. The Bertz CT molecular complexity index is 751. The molecule has 0 aromatic heterocycles. The molecule has 0 saturated carbocycles. The van der Waals surface area contributed by atoms with Gasteiger partial charge in [-0.1, -0.05) is 30.3 Å². The van der Waals surface area contributed by atoms with Crippen molar-refractivity contribution >= 4 is 28.7 Å². The highest BCUT2D eigenvalue weighted by Crippen LogP contribution is 2.22. The van der Waals surface area contributed by atoms with Crippen LogP contribution in [0.3, 0.4) is 0 Å². The van der Waals surface area contributed by atoms with E-state index < -0.39 is 4.92 Å². The van der Waals surface area contributed by atoms with Gasteiger partial charge in [0, 0.05) is 17.8 Å². The first-order valence-corrected chi connectivity index (χ1v) is 8.64. The SMILES string of the molecule is C[NH+]1CCN(C(=S)Nc2ccc([N+](=O)[O-])cc2)[C@H](c2ccccc2)C1. The average Bonchev–Trinajstić information content (AvgIpc) is 2.62. The summed E-state index contributed by atoms with van der Waals surface area (Å²) in [7, 11) is 2.19. The van der Waals surface area contributed by atoms with Crippen LogP contribution in [-0.4, -0.2) is 41.6 Å². The normalized spacial score (nSPS) is 20.1. The number of quaternary nitrogens is 1. The molecule has 7 heteroatoms. The third kappa shape index (κ3) is 4.12. The number of hydrogen-bond donors (Lipinski definition) is 2. The standard InChI is InChI=1S/C18H20N4O2S/c1-20-11-12-21(17(13-20)14-5-3-2-4-6-14)18(25)19-15-7-9-16(10-8-15)22(23)24/h2-10,17H,11-13H2,1H3,(H,19,25)/p+1/t17-/m0/s1. The number of non-ortho nitro benzene ring substituents is 1. The fourth-order valence-electron chi connectivity index (χ4n) is 3.09. The third-order valence-electron chi connectivity index (χ3n) is 4.47. The molecule has 1 aliphatic heterocycles. The molecule has 0 spiro atoms. The molecule has 0 radical (unpaired) electrons. The molecule has 3 rings (SSSR count). The molecular formula is C18H21N4O2S+. The van der Waals surface area contributed by atoms with Gasteiger partial charge >= 0.3 is 0 Å². The Labute approximate surface area is 152 Å². The lowest BCUT2D eigenvalue weighted by Gasteiger charge is -2.39. The number of piperazine rings is 1. The Morgan fingerprint density at radius 3 is 2.56 bits per heavy atom. The van der Waals surface area contributed by atoms with E-state index in [4.69, 9.17) is 12.2 Å². The van der Waals surface area contributed by atoms with Crippen molar-refractivity contribution in [2.75, 3.05) is 32.0 Å². The first-order chi connectivity index (χ1) is 12.0. The summed E-state index contributed by atoms with van der Waals surface area (Å²) in [4.78, 5) is 14.0. The van der Waals surface area contributed by atoms with Gasteiger partial charge in [0.25, 0.3) is 5.69 Å². The topological polar surface area (TPSA) is 62.8 Å². The van der Waals surface area contributed by atoms with Crippen molar-refractivity contribution in [1.82, 2.24) is 4.90 Å². The number of nitrogens with one attached hydrogen (secondary N) is 2. The summed E-state index contributed by atoms with van der Waals surface area (Å²) in [5.74, 6) is 0. The Balaban J connectivity index is 1.75. The van der Waals surface area contributed by atoms with Crippen LogP contribution in [0.1, 0.15) is 11.6 Å². The van der Waals surface area contributed by atoms with Crippen LogP contribution in [0.15, 0.2) is 54.6 Å². The molecule has 1 saturated heterocycles. The van der Waals surface area contributed by atoms with Crippen LogP contribution in [0.2, 0.25) is 0 Å². The van der Waals surface area contributed by atoms with Crippen molar-refractivity contribution in [3.63, 3.8) is 0 Å². The number of nitrogens with zero attached hydrogens (tertiary/aromatic N) is 2. The Hall–Kier alpha value is -2.51. The summed E-state index contributed by atoms with van der Waals surface area (Å²) in [5.41, 5.74) is 2.07. The summed E-state index contributed by atoms with van der Waals surface area (Å²) in [6.45, 7) is 2.86. The van der Waals surface area contributed by atoms with E-state index in [2.05, 4.69) is 29.4 Å². The monoisotopic (exact) mass is 357 g/mol. The van der Waals surface area contributed by atoms with E-state index >= 15 is 0 Å². The molecule has 130 valence electrons. The van der Waals surface area contributed by atoms with E-state index in [0.717, 1.165) is 25.3 Å². The highest BCUT2D eigenvalue weighted by Gasteiger charge is 2.30. The maximum absolute atomic E-state index is 10.8. The van der Waals surface area contributed by atoms with Crippen LogP contribution in [0.5, 0.6) is 0 Å². The number of rotatable bonds is 3. The Morgan fingerprint density at radius 1 is 1.24 bits per heavy atom. The molecule has 0 bridgehead atoms. The van der Waals surface area contributed by atoms with Gasteiger partial charge in [0.2, 0.25) is 0 Å². The second-order valence-corrected chi connectivity index (χ2v) is 6.65. The Kier molecular flexibility index (Phi) is 5.25. The van der Waals surface area contributed by atoms with Gasteiger partial charge in [-0.2, -0.15) is 0 Å². The van der Waals surface area contributed by atoms with Gasteiger partial charge in [-0.05, 0) is 29.9 Å². The lowest BCUT2D eigenvalue weighted by atomic mass is 10.0. The van der Waals surface area contributed by atoms with Gasteiger partial charge in [0.05, 0.1) is 25.1 Å². The zero-order chi connectivity index (χ0) is 17.8. The van der Waals surface area contributed by atoms with E-state index in [1.807, 2.05) is 18.2 Å². The third-order valence-corrected chi connectivity index (χ3v) is 4.81. The highest BCUT2D eigenvalue weighted by molar-refractivity contribution is 7.80. The van der Waals surface area contributed by atoms with Gasteiger partial charge in [-0.3, -0.25) is 10.1 Å². The van der Waals surface area contributed by atoms with Crippen molar-refractivity contribution in [3.05, 3.63) is 70.3 Å². The highest BCUT2D eigenvalue weighted by atomic mass is 32.1.